The lowest BCUT2D eigenvalue weighted by Gasteiger charge is -2.30. The highest BCUT2D eigenvalue weighted by atomic mass is 16.5. The minimum Gasteiger partial charge on any atom is -0.370 e. The fourth-order valence-electron chi connectivity index (χ4n) is 2.72. The molecular formula is C18H26O2. The van der Waals surface area contributed by atoms with Crippen molar-refractivity contribution in [3.05, 3.63) is 35.4 Å². The van der Waals surface area contributed by atoms with Crippen molar-refractivity contribution in [3.63, 3.8) is 0 Å². The van der Waals surface area contributed by atoms with Crippen LogP contribution in [0.25, 0.3) is 0 Å². The van der Waals surface area contributed by atoms with Crippen LogP contribution in [-0.2, 0) is 4.74 Å². The van der Waals surface area contributed by atoms with E-state index < -0.39 is 0 Å². The summed E-state index contributed by atoms with van der Waals surface area (Å²) in [5.74, 6) is 0.767. The summed E-state index contributed by atoms with van der Waals surface area (Å²) in [6.45, 7) is 8.68. The first kappa shape index (κ1) is 15.2. The van der Waals surface area contributed by atoms with Crippen LogP contribution in [0.1, 0.15) is 68.8 Å². The average molecular weight is 274 g/mol. The second-order valence-electron chi connectivity index (χ2n) is 6.82. The lowest BCUT2D eigenvalue weighted by Crippen LogP contribution is -2.37. The minimum atomic E-state index is -0.371. The molecule has 2 rings (SSSR count). The Morgan fingerprint density at radius 3 is 2.55 bits per heavy atom. The molecule has 0 aliphatic heterocycles. The number of carbonyl (C=O) groups is 1. The van der Waals surface area contributed by atoms with E-state index in [4.69, 9.17) is 4.74 Å². The fraction of sp³-hybridized carbons (Fsp3) is 0.611. The molecule has 1 saturated carbocycles. The Kier molecular flexibility index (Phi) is 4.64. The molecule has 0 aromatic heterocycles. The topological polar surface area (TPSA) is 26.3 Å². The Morgan fingerprint density at radius 2 is 2.05 bits per heavy atom. The molecule has 20 heavy (non-hydrogen) atoms. The first-order valence-electron chi connectivity index (χ1n) is 7.69. The number of carbonyl (C=O) groups excluding carboxylic acids is 1. The van der Waals surface area contributed by atoms with Crippen LogP contribution in [0.5, 0.6) is 0 Å². The van der Waals surface area contributed by atoms with Gasteiger partial charge >= 0.3 is 0 Å². The molecule has 0 bridgehead atoms. The van der Waals surface area contributed by atoms with Crippen LogP contribution < -0.4 is 0 Å². The van der Waals surface area contributed by atoms with E-state index in [1.54, 1.807) is 0 Å². The number of hydrogen-bond donors (Lipinski definition) is 0. The zero-order valence-electron chi connectivity index (χ0n) is 13.1. The van der Waals surface area contributed by atoms with Gasteiger partial charge in [0.05, 0.1) is 0 Å². The summed E-state index contributed by atoms with van der Waals surface area (Å²) in [5.41, 5.74) is 1.92. The Morgan fingerprint density at radius 1 is 1.35 bits per heavy atom. The number of ketones is 1. The summed E-state index contributed by atoms with van der Waals surface area (Å²) in [6, 6.07) is 8.14. The third-order valence-corrected chi connectivity index (χ3v) is 4.11. The van der Waals surface area contributed by atoms with Gasteiger partial charge in [0, 0.05) is 12.2 Å². The molecule has 2 nitrogen and oxygen atoms in total. The highest BCUT2D eigenvalue weighted by molar-refractivity contribution is 6.00. The monoisotopic (exact) mass is 274 g/mol. The summed E-state index contributed by atoms with van der Waals surface area (Å²) in [5, 5.41) is 0. The van der Waals surface area contributed by atoms with Gasteiger partial charge in [0.15, 0.2) is 5.78 Å². The fourth-order valence-corrected chi connectivity index (χ4v) is 2.72. The van der Waals surface area contributed by atoms with Crippen molar-refractivity contribution in [3.8, 4) is 0 Å². The van der Waals surface area contributed by atoms with Crippen LogP contribution in [-0.4, -0.2) is 18.5 Å². The lowest BCUT2D eigenvalue weighted by atomic mass is 9.78. The van der Waals surface area contributed by atoms with Gasteiger partial charge in [-0.1, -0.05) is 45.4 Å². The molecule has 0 radical (unpaired) electrons. The predicted octanol–water partition coefficient (Wildman–Crippen LogP) is 4.59. The molecule has 2 heteroatoms. The van der Waals surface area contributed by atoms with E-state index in [1.165, 1.54) is 24.8 Å². The highest BCUT2D eigenvalue weighted by Gasteiger charge is 2.33. The number of benzene rings is 1. The maximum absolute atomic E-state index is 12.7. The molecule has 0 heterocycles. The van der Waals surface area contributed by atoms with Gasteiger partial charge in [0.1, 0.15) is 6.10 Å². The molecule has 1 aromatic rings. The molecular weight excluding hydrogens is 248 g/mol. The van der Waals surface area contributed by atoms with Crippen molar-refractivity contribution >= 4 is 5.78 Å². The van der Waals surface area contributed by atoms with Crippen LogP contribution in [0.2, 0.25) is 0 Å². The number of hydrogen-bond acceptors (Lipinski definition) is 2. The van der Waals surface area contributed by atoms with Crippen molar-refractivity contribution in [2.75, 3.05) is 6.61 Å². The van der Waals surface area contributed by atoms with Crippen LogP contribution in [0, 0.1) is 5.41 Å². The molecule has 0 saturated heterocycles. The van der Waals surface area contributed by atoms with E-state index >= 15 is 0 Å². The van der Waals surface area contributed by atoms with Gasteiger partial charge in [-0.25, -0.2) is 0 Å². The Labute approximate surface area is 122 Å². The average Bonchev–Trinajstić information content (AvgIpc) is 2.32. The normalized spacial score (nSPS) is 17.6. The molecule has 1 fully saturated rings. The van der Waals surface area contributed by atoms with E-state index in [2.05, 4.69) is 32.9 Å². The first-order chi connectivity index (χ1) is 9.43. The Bertz CT molecular complexity index is 467. The van der Waals surface area contributed by atoms with Crippen molar-refractivity contribution in [1.29, 1.82) is 0 Å². The maximum atomic E-state index is 12.7. The van der Waals surface area contributed by atoms with Gasteiger partial charge in [-0.15, -0.1) is 0 Å². The molecule has 1 aliphatic carbocycles. The molecule has 0 spiro atoms. The zero-order chi connectivity index (χ0) is 14.8. The zero-order valence-corrected chi connectivity index (χ0v) is 13.1. The SMILES string of the molecule is CCOC(C(=O)c1cccc(C2CCC2)c1)C(C)(C)C. The van der Waals surface area contributed by atoms with Gasteiger partial charge in [-0.05, 0) is 42.7 Å². The van der Waals surface area contributed by atoms with Crippen LogP contribution >= 0.6 is 0 Å². The molecule has 110 valence electrons. The van der Waals surface area contributed by atoms with E-state index in [0.717, 1.165) is 5.56 Å². The summed E-state index contributed by atoms with van der Waals surface area (Å²) in [4.78, 5) is 12.7. The molecule has 1 atom stereocenters. The van der Waals surface area contributed by atoms with Gasteiger partial charge in [-0.3, -0.25) is 4.79 Å². The van der Waals surface area contributed by atoms with Gasteiger partial charge < -0.3 is 4.74 Å². The smallest absolute Gasteiger partial charge is 0.192 e. The molecule has 0 N–H and O–H groups in total. The van der Waals surface area contributed by atoms with Crippen molar-refractivity contribution in [2.45, 2.75) is 59.0 Å². The van der Waals surface area contributed by atoms with Crippen LogP contribution in [0.3, 0.4) is 0 Å². The third kappa shape index (κ3) is 3.29. The second-order valence-corrected chi connectivity index (χ2v) is 6.82. The number of Topliss-reactive ketones (excluding diaryl/α,β-unsaturated/α-hetero) is 1. The van der Waals surface area contributed by atoms with E-state index in [0.29, 0.717) is 12.5 Å². The first-order valence-corrected chi connectivity index (χ1v) is 7.69. The molecule has 1 unspecified atom stereocenters. The summed E-state index contributed by atoms with van der Waals surface area (Å²) >= 11 is 0. The molecule has 0 amide bonds. The molecule has 1 aromatic carbocycles. The number of rotatable bonds is 5. The van der Waals surface area contributed by atoms with Crippen molar-refractivity contribution < 1.29 is 9.53 Å². The highest BCUT2D eigenvalue weighted by Crippen LogP contribution is 2.37. The quantitative estimate of drug-likeness (QED) is 0.734. The summed E-state index contributed by atoms with van der Waals surface area (Å²) < 4.78 is 5.71. The summed E-state index contributed by atoms with van der Waals surface area (Å²) in [6.07, 6.45) is 3.45. The largest absolute Gasteiger partial charge is 0.370 e. The van der Waals surface area contributed by atoms with E-state index in [9.17, 15) is 4.79 Å². The van der Waals surface area contributed by atoms with Crippen LogP contribution in [0.15, 0.2) is 24.3 Å². The molecule has 1 aliphatic rings. The van der Waals surface area contributed by atoms with Gasteiger partial charge in [-0.2, -0.15) is 0 Å². The van der Waals surface area contributed by atoms with E-state index in [1.807, 2.05) is 19.1 Å². The third-order valence-electron chi connectivity index (χ3n) is 4.11. The minimum absolute atomic E-state index is 0.112. The predicted molar refractivity (Wildman–Crippen MR) is 82.2 cm³/mol. The standard InChI is InChI=1S/C18H26O2/c1-5-20-17(18(2,3)4)16(19)15-11-7-10-14(12-15)13-8-6-9-13/h7,10-13,17H,5-6,8-9H2,1-4H3. The number of ether oxygens (including phenoxy) is 1. The lowest BCUT2D eigenvalue weighted by molar-refractivity contribution is -0.000228. The summed E-state index contributed by atoms with van der Waals surface area (Å²) in [7, 11) is 0. The van der Waals surface area contributed by atoms with Crippen LogP contribution in [0.4, 0.5) is 0 Å². The second kappa shape index (κ2) is 6.09. The van der Waals surface area contributed by atoms with Gasteiger partial charge in [0.2, 0.25) is 0 Å². The maximum Gasteiger partial charge on any atom is 0.192 e. The van der Waals surface area contributed by atoms with Crippen molar-refractivity contribution in [1.82, 2.24) is 0 Å². The van der Waals surface area contributed by atoms with Gasteiger partial charge in [0.25, 0.3) is 0 Å². The Hall–Kier alpha value is -1.15. The van der Waals surface area contributed by atoms with E-state index in [-0.39, 0.29) is 17.3 Å². The Balaban J connectivity index is 2.22. The van der Waals surface area contributed by atoms with Crippen molar-refractivity contribution in [2.24, 2.45) is 5.41 Å².